The van der Waals surface area contributed by atoms with Gasteiger partial charge in [0.25, 0.3) is 0 Å². The third-order valence-electron chi connectivity index (χ3n) is 3.09. The lowest BCUT2D eigenvalue weighted by Gasteiger charge is -2.43. The quantitative estimate of drug-likeness (QED) is 0.685. The van der Waals surface area contributed by atoms with Crippen LogP contribution in [0.25, 0.3) is 0 Å². The molecular formula is C9H17FN2. The predicted molar refractivity (Wildman–Crippen MR) is 46.7 cm³/mol. The Morgan fingerprint density at radius 1 is 1.58 bits per heavy atom. The number of alkyl halides is 1. The van der Waals surface area contributed by atoms with Crippen molar-refractivity contribution in [1.82, 2.24) is 4.90 Å². The summed E-state index contributed by atoms with van der Waals surface area (Å²) in [5.41, 5.74) is 4.81. The molecule has 0 aromatic heterocycles. The van der Waals surface area contributed by atoms with Crippen LogP contribution in [0.3, 0.4) is 0 Å². The molecule has 1 unspecified atom stereocenters. The van der Waals surface area contributed by atoms with Gasteiger partial charge >= 0.3 is 0 Å². The van der Waals surface area contributed by atoms with E-state index in [0.717, 1.165) is 32.4 Å². The molecule has 3 heteroatoms. The number of hydrogen-bond acceptors (Lipinski definition) is 2. The summed E-state index contributed by atoms with van der Waals surface area (Å²) >= 11 is 0. The van der Waals surface area contributed by atoms with Gasteiger partial charge < -0.3 is 5.73 Å². The molecule has 70 valence electrons. The van der Waals surface area contributed by atoms with E-state index >= 15 is 0 Å². The highest BCUT2D eigenvalue weighted by Gasteiger charge is 2.53. The number of rotatable bonds is 3. The van der Waals surface area contributed by atoms with Crippen molar-refractivity contribution >= 4 is 0 Å². The molecule has 0 aromatic carbocycles. The fourth-order valence-corrected chi connectivity index (χ4v) is 2.21. The van der Waals surface area contributed by atoms with Gasteiger partial charge in [-0.15, -0.1) is 0 Å². The largest absolute Gasteiger partial charge is 0.325 e. The van der Waals surface area contributed by atoms with Gasteiger partial charge in [0.05, 0.1) is 0 Å². The van der Waals surface area contributed by atoms with Crippen LogP contribution in [0.15, 0.2) is 0 Å². The summed E-state index contributed by atoms with van der Waals surface area (Å²) in [4.78, 5) is 2.19. The van der Waals surface area contributed by atoms with E-state index in [2.05, 4.69) is 11.8 Å². The molecule has 0 spiro atoms. The van der Waals surface area contributed by atoms with Gasteiger partial charge in [-0.25, -0.2) is 4.39 Å². The van der Waals surface area contributed by atoms with E-state index in [-0.39, 0.29) is 6.04 Å². The SMILES string of the molecule is CCC(N1CC(N)C1)C1(F)CC1. The Kier molecular flexibility index (Phi) is 1.88. The summed E-state index contributed by atoms with van der Waals surface area (Å²) < 4.78 is 13.7. The minimum Gasteiger partial charge on any atom is -0.325 e. The Bertz CT molecular complexity index is 173. The molecule has 0 bridgehead atoms. The number of nitrogens with two attached hydrogens (primary N) is 1. The summed E-state index contributed by atoms with van der Waals surface area (Å²) in [6.07, 6.45) is 2.44. The Hall–Kier alpha value is -0.150. The Morgan fingerprint density at radius 2 is 2.17 bits per heavy atom. The number of hydrogen-bond donors (Lipinski definition) is 1. The smallest absolute Gasteiger partial charge is 0.126 e. The number of likely N-dealkylation sites (tertiary alicyclic amines) is 1. The van der Waals surface area contributed by atoms with E-state index in [1.807, 2.05) is 0 Å². The van der Waals surface area contributed by atoms with Gasteiger partial charge in [-0.05, 0) is 19.3 Å². The highest BCUT2D eigenvalue weighted by Crippen LogP contribution is 2.46. The van der Waals surface area contributed by atoms with Crippen molar-refractivity contribution in [3.8, 4) is 0 Å². The molecule has 2 aliphatic rings. The van der Waals surface area contributed by atoms with Crippen LogP contribution in [-0.2, 0) is 0 Å². The molecule has 1 atom stereocenters. The van der Waals surface area contributed by atoms with E-state index in [9.17, 15) is 4.39 Å². The zero-order valence-corrected chi connectivity index (χ0v) is 7.59. The summed E-state index contributed by atoms with van der Waals surface area (Å²) in [6.45, 7) is 3.85. The monoisotopic (exact) mass is 172 g/mol. The lowest BCUT2D eigenvalue weighted by molar-refractivity contribution is 0.0301. The van der Waals surface area contributed by atoms with Gasteiger partial charge in [0.1, 0.15) is 5.67 Å². The molecule has 0 amide bonds. The third-order valence-corrected chi connectivity index (χ3v) is 3.09. The molecule has 2 fully saturated rings. The van der Waals surface area contributed by atoms with Crippen molar-refractivity contribution < 1.29 is 4.39 Å². The second kappa shape index (κ2) is 2.67. The van der Waals surface area contributed by atoms with Gasteiger partial charge in [-0.2, -0.15) is 0 Å². The maximum atomic E-state index is 13.7. The summed E-state index contributed by atoms with van der Waals surface area (Å²) in [5, 5.41) is 0. The Labute approximate surface area is 72.9 Å². The second-order valence-electron chi connectivity index (χ2n) is 4.17. The van der Waals surface area contributed by atoms with Crippen LogP contribution in [-0.4, -0.2) is 35.7 Å². The van der Waals surface area contributed by atoms with Gasteiger partial charge in [-0.3, -0.25) is 4.90 Å². The molecule has 1 aliphatic carbocycles. The van der Waals surface area contributed by atoms with Gasteiger partial charge in [-0.1, -0.05) is 6.92 Å². The van der Waals surface area contributed by atoms with Crippen molar-refractivity contribution in [2.45, 2.75) is 43.9 Å². The van der Waals surface area contributed by atoms with Gasteiger partial charge in [0.15, 0.2) is 0 Å². The topological polar surface area (TPSA) is 29.3 Å². The van der Waals surface area contributed by atoms with E-state index < -0.39 is 5.67 Å². The van der Waals surface area contributed by atoms with E-state index in [4.69, 9.17) is 5.73 Å². The second-order valence-corrected chi connectivity index (χ2v) is 4.17. The third kappa shape index (κ3) is 1.25. The van der Waals surface area contributed by atoms with Crippen molar-refractivity contribution in [1.29, 1.82) is 0 Å². The van der Waals surface area contributed by atoms with Gasteiger partial charge in [0, 0.05) is 25.2 Å². The first-order valence-corrected chi connectivity index (χ1v) is 4.84. The highest BCUT2D eigenvalue weighted by molar-refractivity contribution is 5.06. The van der Waals surface area contributed by atoms with Gasteiger partial charge in [0.2, 0.25) is 0 Å². The first kappa shape index (κ1) is 8.45. The molecule has 1 heterocycles. The molecule has 2 rings (SSSR count). The summed E-state index contributed by atoms with van der Waals surface area (Å²) in [7, 11) is 0. The lowest BCUT2D eigenvalue weighted by atomic mass is 9.99. The van der Waals surface area contributed by atoms with Crippen molar-refractivity contribution in [3.05, 3.63) is 0 Å². The molecular weight excluding hydrogens is 155 g/mol. The molecule has 0 aromatic rings. The van der Waals surface area contributed by atoms with Crippen LogP contribution in [0.5, 0.6) is 0 Å². The molecule has 1 aliphatic heterocycles. The fraction of sp³-hybridized carbons (Fsp3) is 1.00. The number of nitrogens with zero attached hydrogens (tertiary/aromatic N) is 1. The van der Waals surface area contributed by atoms with Crippen LogP contribution < -0.4 is 5.73 Å². The molecule has 12 heavy (non-hydrogen) atoms. The van der Waals surface area contributed by atoms with Crippen LogP contribution in [0, 0.1) is 0 Å². The zero-order chi connectivity index (χ0) is 8.77. The minimum absolute atomic E-state index is 0.150. The molecule has 2 N–H and O–H groups in total. The molecule has 2 nitrogen and oxygen atoms in total. The normalized spacial score (nSPS) is 31.2. The molecule has 1 saturated heterocycles. The van der Waals surface area contributed by atoms with Crippen molar-refractivity contribution in [2.75, 3.05) is 13.1 Å². The predicted octanol–water partition coefficient (Wildman–Crippen LogP) is 0.910. The summed E-state index contributed by atoms with van der Waals surface area (Å²) in [6, 6.07) is 0.443. The minimum atomic E-state index is -0.852. The average molecular weight is 172 g/mol. The first-order chi connectivity index (χ1) is 5.65. The van der Waals surface area contributed by atoms with Crippen LogP contribution in [0.4, 0.5) is 4.39 Å². The maximum absolute atomic E-state index is 13.7. The molecule has 1 saturated carbocycles. The van der Waals surface area contributed by atoms with Crippen LogP contribution in [0.2, 0.25) is 0 Å². The summed E-state index contributed by atoms with van der Waals surface area (Å²) in [5.74, 6) is 0. The fourth-order valence-electron chi connectivity index (χ4n) is 2.21. The average Bonchev–Trinajstić information content (AvgIpc) is 2.67. The Morgan fingerprint density at radius 3 is 2.50 bits per heavy atom. The van der Waals surface area contributed by atoms with E-state index in [1.54, 1.807) is 0 Å². The highest BCUT2D eigenvalue weighted by atomic mass is 19.1. The number of halogens is 1. The van der Waals surface area contributed by atoms with E-state index in [0.29, 0.717) is 6.04 Å². The Balaban J connectivity index is 1.91. The van der Waals surface area contributed by atoms with E-state index in [1.165, 1.54) is 0 Å². The molecule has 0 radical (unpaired) electrons. The zero-order valence-electron chi connectivity index (χ0n) is 7.59. The lowest BCUT2D eigenvalue weighted by Crippen LogP contribution is -2.61. The maximum Gasteiger partial charge on any atom is 0.126 e. The standard InChI is InChI=1S/C9H17FN2/c1-2-8(9(10)3-4-9)12-5-7(11)6-12/h7-8H,2-6,11H2,1H3. The van der Waals surface area contributed by atoms with Crippen molar-refractivity contribution in [2.24, 2.45) is 5.73 Å². The van der Waals surface area contributed by atoms with Crippen molar-refractivity contribution in [3.63, 3.8) is 0 Å². The first-order valence-electron chi connectivity index (χ1n) is 4.84. The van der Waals surface area contributed by atoms with Crippen LogP contribution >= 0.6 is 0 Å². The van der Waals surface area contributed by atoms with Crippen LogP contribution in [0.1, 0.15) is 26.2 Å².